The Balaban J connectivity index is 0.000000360. The number of hydrogen-bond donors (Lipinski definition) is 1. The lowest BCUT2D eigenvalue weighted by Gasteiger charge is -2.06. The van der Waals surface area contributed by atoms with Crippen LogP contribution < -0.4 is 0 Å². The molecule has 0 aliphatic carbocycles. The third kappa shape index (κ3) is 6.92. The Hall–Kier alpha value is -1.54. The van der Waals surface area contributed by atoms with Crippen LogP contribution in [-0.4, -0.2) is 18.3 Å². The zero-order valence-corrected chi connectivity index (χ0v) is 11.6. The van der Waals surface area contributed by atoms with Crippen LogP contribution in [0.1, 0.15) is 30.9 Å². The molecule has 0 radical (unpaired) electrons. The maximum Gasteiger partial charge on any atom is 0.118 e. The topological polar surface area (TPSA) is 29.5 Å². The van der Waals surface area contributed by atoms with Crippen molar-refractivity contribution in [3.8, 4) is 5.75 Å². The van der Waals surface area contributed by atoms with Crippen LogP contribution in [-0.2, 0) is 4.74 Å². The van der Waals surface area contributed by atoms with Gasteiger partial charge in [0.2, 0.25) is 0 Å². The zero-order chi connectivity index (χ0) is 14.0. The third-order valence-electron chi connectivity index (χ3n) is 2.37. The maximum atomic E-state index is 9.35. The number of phenolic OH excluding ortho intramolecular Hbond substituents is 1. The molecule has 0 saturated heterocycles. The normalized spacial score (nSPS) is 9.56. The minimum absolute atomic E-state index is 0.399. The smallest absolute Gasteiger partial charge is 0.118 e. The van der Waals surface area contributed by atoms with Crippen LogP contribution in [0.15, 0.2) is 43.5 Å². The Morgan fingerprint density at radius 3 is 2.17 bits per heavy atom. The van der Waals surface area contributed by atoms with Crippen LogP contribution in [0.3, 0.4) is 0 Å². The predicted molar refractivity (Wildman–Crippen MR) is 78.1 cm³/mol. The lowest BCUT2D eigenvalue weighted by molar-refractivity contribution is 0.194. The Bertz CT molecular complexity index is 359. The van der Waals surface area contributed by atoms with Crippen molar-refractivity contribution >= 4 is 0 Å². The van der Waals surface area contributed by atoms with Gasteiger partial charge in [-0.2, -0.15) is 0 Å². The molecule has 0 aliphatic rings. The summed E-state index contributed by atoms with van der Waals surface area (Å²) >= 11 is 0. The van der Waals surface area contributed by atoms with Crippen LogP contribution in [0.25, 0.3) is 0 Å². The third-order valence-corrected chi connectivity index (χ3v) is 2.37. The Labute approximate surface area is 111 Å². The summed E-state index contributed by atoms with van der Waals surface area (Å²) in [7, 11) is 0. The summed E-state index contributed by atoms with van der Waals surface area (Å²) in [6.07, 6.45) is 3.42. The van der Waals surface area contributed by atoms with Gasteiger partial charge < -0.3 is 9.84 Å². The average molecular weight is 248 g/mol. The van der Waals surface area contributed by atoms with Crippen molar-refractivity contribution in [2.45, 2.75) is 26.7 Å². The first kappa shape index (κ1) is 16.5. The van der Waals surface area contributed by atoms with Crippen LogP contribution in [0.4, 0.5) is 0 Å². The van der Waals surface area contributed by atoms with E-state index in [9.17, 15) is 5.11 Å². The molecule has 0 atom stereocenters. The lowest BCUT2D eigenvalue weighted by Crippen LogP contribution is -1.87. The van der Waals surface area contributed by atoms with Crippen molar-refractivity contribution in [2.75, 3.05) is 13.2 Å². The van der Waals surface area contributed by atoms with E-state index in [0.29, 0.717) is 24.9 Å². The van der Waals surface area contributed by atoms with Crippen LogP contribution >= 0.6 is 0 Å². The SMILES string of the molecule is C=CCOCC=C.Cc1ccc(C(C)C)cc1O. The summed E-state index contributed by atoms with van der Waals surface area (Å²) in [5, 5.41) is 9.35. The van der Waals surface area contributed by atoms with Crippen molar-refractivity contribution in [1.29, 1.82) is 0 Å². The molecule has 0 aromatic heterocycles. The van der Waals surface area contributed by atoms with Crippen LogP contribution in [0.5, 0.6) is 5.75 Å². The first-order chi connectivity index (χ1) is 8.52. The summed E-state index contributed by atoms with van der Waals surface area (Å²) < 4.78 is 4.90. The molecule has 0 aliphatic heterocycles. The van der Waals surface area contributed by atoms with Gasteiger partial charge in [0.15, 0.2) is 0 Å². The summed E-state index contributed by atoms with van der Waals surface area (Å²) in [6, 6.07) is 5.84. The van der Waals surface area contributed by atoms with Gasteiger partial charge in [-0.05, 0) is 30.0 Å². The molecule has 0 fully saturated rings. The fraction of sp³-hybridized carbons (Fsp3) is 0.375. The molecule has 0 amide bonds. The quantitative estimate of drug-likeness (QED) is 0.625. The van der Waals surface area contributed by atoms with Crippen molar-refractivity contribution in [3.63, 3.8) is 0 Å². The maximum absolute atomic E-state index is 9.35. The summed E-state index contributed by atoms with van der Waals surface area (Å²) in [5.74, 6) is 0.887. The molecular formula is C16H24O2. The standard InChI is InChI=1S/C10H14O.C6H10O/c1-7(2)9-5-4-8(3)10(11)6-9;1-3-5-7-6-4-2/h4-7,11H,1-3H3;3-4H,1-2,5-6H2. The van der Waals surface area contributed by atoms with E-state index in [4.69, 9.17) is 4.74 Å². The number of hydrogen-bond acceptors (Lipinski definition) is 2. The number of phenols is 1. The molecule has 0 heterocycles. The first-order valence-electron chi connectivity index (χ1n) is 6.12. The van der Waals surface area contributed by atoms with Crippen molar-refractivity contribution in [2.24, 2.45) is 0 Å². The molecule has 0 spiro atoms. The summed E-state index contributed by atoms with van der Waals surface area (Å²) in [6.45, 7) is 14.3. The molecule has 2 heteroatoms. The van der Waals surface area contributed by atoms with Crippen molar-refractivity contribution < 1.29 is 9.84 Å². The van der Waals surface area contributed by atoms with Gasteiger partial charge in [-0.25, -0.2) is 0 Å². The highest BCUT2D eigenvalue weighted by atomic mass is 16.5. The zero-order valence-electron chi connectivity index (χ0n) is 11.6. The van der Waals surface area contributed by atoms with Gasteiger partial charge >= 0.3 is 0 Å². The van der Waals surface area contributed by atoms with Gasteiger partial charge in [-0.3, -0.25) is 0 Å². The van der Waals surface area contributed by atoms with E-state index in [1.54, 1.807) is 12.2 Å². The van der Waals surface area contributed by atoms with Crippen LogP contribution in [0.2, 0.25) is 0 Å². The van der Waals surface area contributed by atoms with Gasteiger partial charge in [0.25, 0.3) is 0 Å². The summed E-state index contributed by atoms with van der Waals surface area (Å²) in [4.78, 5) is 0. The van der Waals surface area contributed by atoms with E-state index in [1.807, 2.05) is 19.1 Å². The molecule has 1 aromatic carbocycles. The van der Waals surface area contributed by atoms with E-state index in [-0.39, 0.29) is 0 Å². The highest BCUT2D eigenvalue weighted by molar-refractivity contribution is 5.36. The number of ether oxygens (including phenoxy) is 1. The fourth-order valence-electron chi connectivity index (χ4n) is 1.22. The highest BCUT2D eigenvalue weighted by Gasteiger charge is 2.00. The van der Waals surface area contributed by atoms with Gasteiger partial charge in [-0.15, -0.1) is 13.2 Å². The van der Waals surface area contributed by atoms with Gasteiger partial charge in [0.05, 0.1) is 13.2 Å². The van der Waals surface area contributed by atoms with Gasteiger partial charge in [0, 0.05) is 0 Å². The Kier molecular flexibility index (Phi) is 8.67. The molecule has 0 saturated carbocycles. The van der Waals surface area contributed by atoms with Gasteiger partial charge in [0.1, 0.15) is 5.75 Å². The Morgan fingerprint density at radius 2 is 1.78 bits per heavy atom. The van der Waals surface area contributed by atoms with E-state index in [0.717, 1.165) is 5.56 Å². The van der Waals surface area contributed by atoms with E-state index in [1.165, 1.54) is 5.56 Å². The first-order valence-corrected chi connectivity index (χ1v) is 6.12. The lowest BCUT2D eigenvalue weighted by atomic mass is 10.0. The van der Waals surface area contributed by atoms with Crippen LogP contribution in [0, 0.1) is 6.92 Å². The predicted octanol–water partition coefficient (Wildman–Crippen LogP) is 4.20. The molecule has 1 aromatic rings. The van der Waals surface area contributed by atoms with Gasteiger partial charge in [-0.1, -0.05) is 38.1 Å². The molecular weight excluding hydrogens is 224 g/mol. The molecule has 0 bridgehead atoms. The molecule has 18 heavy (non-hydrogen) atoms. The molecule has 2 nitrogen and oxygen atoms in total. The van der Waals surface area contributed by atoms with E-state index < -0.39 is 0 Å². The second-order valence-electron chi connectivity index (χ2n) is 4.32. The number of aromatic hydroxyl groups is 1. The molecule has 100 valence electrons. The molecule has 1 N–H and O–H groups in total. The molecule has 1 rings (SSSR count). The largest absolute Gasteiger partial charge is 0.508 e. The minimum Gasteiger partial charge on any atom is -0.508 e. The second kappa shape index (κ2) is 9.49. The highest BCUT2D eigenvalue weighted by Crippen LogP contribution is 2.22. The monoisotopic (exact) mass is 248 g/mol. The Morgan fingerprint density at radius 1 is 1.22 bits per heavy atom. The van der Waals surface area contributed by atoms with E-state index in [2.05, 4.69) is 33.1 Å². The van der Waals surface area contributed by atoms with Crippen molar-refractivity contribution in [1.82, 2.24) is 0 Å². The number of rotatable bonds is 5. The number of aryl methyl sites for hydroxylation is 1. The summed E-state index contributed by atoms with van der Waals surface area (Å²) in [5.41, 5.74) is 2.13. The second-order valence-corrected chi connectivity index (χ2v) is 4.32. The number of benzene rings is 1. The minimum atomic E-state index is 0.399. The van der Waals surface area contributed by atoms with Crippen molar-refractivity contribution in [3.05, 3.63) is 54.6 Å². The average Bonchev–Trinajstić information content (AvgIpc) is 2.34. The molecule has 0 unspecified atom stereocenters. The van der Waals surface area contributed by atoms with E-state index >= 15 is 0 Å². The fourth-order valence-corrected chi connectivity index (χ4v) is 1.22.